The second-order valence-corrected chi connectivity index (χ2v) is 8.35. The zero-order chi connectivity index (χ0) is 25.8. The Morgan fingerprint density at radius 1 is 0.694 bits per heavy atom. The maximum absolute atomic E-state index is 12.3. The first-order valence-electron chi connectivity index (χ1n) is 12.0. The number of esters is 2. The summed E-state index contributed by atoms with van der Waals surface area (Å²) in [6, 6.07) is 22.1. The summed E-state index contributed by atoms with van der Waals surface area (Å²) in [5, 5.41) is 0. The van der Waals surface area contributed by atoms with E-state index in [1.54, 1.807) is 50.4 Å². The number of benzene rings is 3. The van der Waals surface area contributed by atoms with E-state index in [2.05, 4.69) is 6.58 Å². The lowest BCUT2D eigenvalue weighted by Gasteiger charge is -2.09. The van der Waals surface area contributed by atoms with Crippen molar-refractivity contribution in [2.75, 3.05) is 20.3 Å². The lowest BCUT2D eigenvalue weighted by Crippen LogP contribution is -2.08. The lowest BCUT2D eigenvalue weighted by molar-refractivity contribution is -0.139. The topological polar surface area (TPSA) is 71.1 Å². The van der Waals surface area contributed by atoms with Gasteiger partial charge in [-0.3, -0.25) is 0 Å². The second-order valence-electron chi connectivity index (χ2n) is 8.35. The molecule has 0 atom stereocenters. The van der Waals surface area contributed by atoms with Gasteiger partial charge in [-0.25, -0.2) is 9.59 Å². The molecule has 0 heterocycles. The molecule has 0 aromatic heterocycles. The Labute approximate surface area is 212 Å². The minimum atomic E-state index is -0.418. The molecule has 6 heteroatoms. The van der Waals surface area contributed by atoms with Crippen LogP contribution in [0.15, 0.2) is 84.9 Å². The molecule has 0 N–H and O–H groups in total. The molecular formula is C30H32O6. The molecule has 3 rings (SSSR count). The lowest BCUT2D eigenvalue weighted by atomic mass is 10.1. The average Bonchev–Trinajstić information content (AvgIpc) is 2.90. The number of hydrogen-bond acceptors (Lipinski definition) is 6. The van der Waals surface area contributed by atoms with Crippen LogP contribution in [0, 0.1) is 0 Å². The van der Waals surface area contributed by atoms with E-state index in [9.17, 15) is 9.59 Å². The van der Waals surface area contributed by atoms with Gasteiger partial charge < -0.3 is 18.9 Å². The molecule has 0 unspecified atom stereocenters. The SMILES string of the molecule is C=C(C)C(=O)OCCCCCCOc1ccc(-c2ccc(OC(=O)c3ccc(OC)cc3)cc2)cc1. The summed E-state index contributed by atoms with van der Waals surface area (Å²) in [5.74, 6) is 1.24. The van der Waals surface area contributed by atoms with Crippen molar-refractivity contribution in [3.8, 4) is 28.4 Å². The van der Waals surface area contributed by atoms with Crippen LogP contribution >= 0.6 is 0 Å². The second kappa shape index (κ2) is 13.7. The Morgan fingerprint density at radius 2 is 1.22 bits per heavy atom. The smallest absolute Gasteiger partial charge is 0.343 e. The highest BCUT2D eigenvalue weighted by atomic mass is 16.5. The van der Waals surface area contributed by atoms with Crippen LogP contribution in [0.1, 0.15) is 43.0 Å². The van der Waals surface area contributed by atoms with Gasteiger partial charge in [0, 0.05) is 5.57 Å². The molecule has 0 fully saturated rings. The molecule has 0 radical (unpaired) electrons. The van der Waals surface area contributed by atoms with Gasteiger partial charge in [0.15, 0.2) is 0 Å². The minimum Gasteiger partial charge on any atom is -0.497 e. The molecule has 0 saturated carbocycles. The molecule has 188 valence electrons. The van der Waals surface area contributed by atoms with E-state index >= 15 is 0 Å². The van der Waals surface area contributed by atoms with Crippen LogP contribution in [0.4, 0.5) is 0 Å². The number of ether oxygens (including phenoxy) is 4. The van der Waals surface area contributed by atoms with E-state index in [1.807, 2.05) is 36.4 Å². The number of carbonyl (C=O) groups is 2. The van der Waals surface area contributed by atoms with E-state index < -0.39 is 5.97 Å². The van der Waals surface area contributed by atoms with Crippen LogP contribution in [-0.2, 0) is 9.53 Å². The molecular weight excluding hydrogens is 456 g/mol. The Balaban J connectivity index is 1.39. The fourth-order valence-corrected chi connectivity index (χ4v) is 3.39. The van der Waals surface area contributed by atoms with E-state index in [4.69, 9.17) is 18.9 Å². The summed E-state index contributed by atoms with van der Waals surface area (Å²) in [4.78, 5) is 23.6. The van der Waals surface area contributed by atoms with E-state index in [0.29, 0.717) is 35.8 Å². The number of carbonyl (C=O) groups excluding carboxylic acids is 2. The van der Waals surface area contributed by atoms with Gasteiger partial charge in [0.1, 0.15) is 17.2 Å². The van der Waals surface area contributed by atoms with Gasteiger partial charge in [0.2, 0.25) is 0 Å². The van der Waals surface area contributed by atoms with Crippen molar-refractivity contribution >= 4 is 11.9 Å². The molecule has 3 aromatic rings. The first-order chi connectivity index (χ1) is 17.5. The first kappa shape index (κ1) is 26.5. The summed E-state index contributed by atoms with van der Waals surface area (Å²) in [5.41, 5.74) is 2.94. The molecule has 0 spiro atoms. The molecule has 0 aliphatic heterocycles. The van der Waals surface area contributed by atoms with Gasteiger partial charge in [-0.1, -0.05) is 30.8 Å². The quantitative estimate of drug-likeness (QED) is 0.116. The maximum Gasteiger partial charge on any atom is 0.343 e. The summed E-state index contributed by atoms with van der Waals surface area (Å²) in [6.45, 7) is 6.28. The zero-order valence-corrected chi connectivity index (χ0v) is 20.8. The molecule has 0 bridgehead atoms. The summed E-state index contributed by atoms with van der Waals surface area (Å²) >= 11 is 0. The number of unbranched alkanes of at least 4 members (excludes halogenated alkanes) is 3. The predicted molar refractivity (Wildman–Crippen MR) is 140 cm³/mol. The molecule has 6 nitrogen and oxygen atoms in total. The summed E-state index contributed by atoms with van der Waals surface area (Å²) in [7, 11) is 1.58. The third kappa shape index (κ3) is 8.31. The molecule has 0 aliphatic carbocycles. The van der Waals surface area contributed by atoms with Crippen LogP contribution < -0.4 is 14.2 Å². The number of hydrogen-bond donors (Lipinski definition) is 0. The molecule has 0 aliphatic rings. The third-order valence-corrected chi connectivity index (χ3v) is 5.47. The van der Waals surface area contributed by atoms with E-state index in [0.717, 1.165) is 42.6 Å². The van der Waals surface area contributed by atoms with Crippen molar-refractivity contribution < 1.29 is 28.5 Å². The van der Waals surface area contributed by atoms with Crippen LogP contribution in [-0.4, -0.2) is 32.3 Å². The normalized spacial score (nSPS) is 10.4. The first-order valence-corrected chi connectivity index (χ1v) is 12.0. The van der Waals surface area contributed by atoms with Crippen molar-refractivity contribution in [1.82, 2.24) is 0 Å². The van der Waals surface area contributed by atoms with Gasteiger partial charge in [-0.2, -0.15) is 0 Å². The summed E-state index contributed by atoms with van der Waals surface area (Å²) < 4.78 is 21.5. The summed E-state index contributed by atoms with van der Waals surface area (Å²) in [6.07, 6.45) is 3.77. The van der Waals surface area contributed by atoms with Gasteiger partial charge in [-0.15, -0.1) is 0 Å². The van der Waals surface area contributed by atoms with Gasteiger partial charge in [0.05, 0.1) is 25.9 Å². The zero-order valence-electron chi connectivity index (χ0n) is 20.8. The van der Waals surface area contributed by atoms with Crippen LogP contribution in [0.2, 0.25) is 0 Å². The Bertz CT molecular complexity index is 1130. The largest absolute Gasteiger partial charge is 0.497 e. The molecule has 3 aromatic carbocycles. The maximum atomic E-state index is 12.3. The van der Waals surface area contributed by atoms with E-state index in [1.165, 1.54) is 0 Å². The van der Waals surface area contributed by atoms with Crippen molar-refractivity contribution in [1.29, 1.82) is 0 Å². The van der Waals surface area contributed by atoms with E-state index in [-0.39, 0.29) is 5.97 Å². The van der Waals surface area contributed by atoms with Crippen molar-refractivity contribution in [3.63, 3.8) is 0 Å². The van der Waals surface area contributed by atoms with Gasteiger partial charge >= 0.3 is 11.9 Å². The monoisotopic (exact) mass is 488 g/mol. The van der Waals surface area contributed by atoms with Gasteiger partial charge in [0.25, 0.3) is 0 Å². The average molecular weight is 489 g/mol. The molecule has 36 heavy (non-hydrogen) atoms. The minimum absolute atomic E-state index is 0.328. The fraction of sp³-hybridized carbons (Fsp3) is 0.267. The number of rotatable bonds is 13. The highest BCUT2D eigenvalue weighted by Gasteiger charge is 2.09. The standard InChI is InChI=1S/C30H32O6/c1-22(2)29(31)35-21-7-5-4-6-20-34-27-16-8-23(9-17-27)24-10-18-28(19-11-24)36-30(32)25-12-14-26(33-3)15-13-25/h8-19H,1,4-7,20-21H2,2-3H3. The van der Waals surface area contributed by atoms with Gasteiger partial charge in [-0.05, 0) is 92.3 Å². The molecule has 0 amide bonds. The Morgan fingerprint density at radius 3 is 1.78 bits per heavy atom. The van der Waals surface area contributed by atoms with Crippen LogP contribution in [0.25, 0.3) is 11.1 Å². The molecule has 0 saturated heterocycles. The van der Waals surface area contributed by atoms with Crippen molar-refractivity contribution in [2.24, 2.45) is 0 Å². The Hall–Kier alpha value is -4.06. The third-order valence-electron chi connectivity index (χ3n) is 5.47. The Kier molecular flexibility index (Phi) is 10.1. The highest BCUT2D eigenvalue weighted by molar-refractivity contribution is 5.91. The number of methoxy groups -OCH3 is 1. The highest BCUT2D eigenvalue weighted by Crippen LogP contribution is 2.25. The van der Waals surface area contributed by atoms with Crippen LogP contribution in [0.5, 0.6) is 17.2 Å². The van der Waals surface area contributed by atoms with Crippen molar-refractivity contribution in [3.05, 3.63) is 90.5 Å². The van der Waals surface area contributed by atoms with Crippen LogP contribution in [0.3, 0.4) is 0 Å². The fourth-order valence-electron chi connectivity index (χ4n) is 3.39. The predicted octanol–water partition coefficient (Wildman–Crippen LogP) is 6.64. The van der Waals surface area contributed by atoms with Crippen molar-refractivity contribution in [2.45, 2.75) is 32.6 Å².